The van der Waals surface area contributed by atoms with Crippen molar-refractivity contribution in [1.29, 1.82) is 0 Å². The fourth-order valence-electron chi connectivity index (χ4n) is 2.09. The summed E-state index contributed by atoms with van der Waals surface area (Å²) in [5.41, 5.74) is 5.05. The molecule has 1 aromatic heterocycles. The van der Waals surface area contributed by atoms with Gasteiger partial charge in [0.05, 0.1) is 11.5 Å². The summed E-state index contributed by atoms with van der Waals surface area (Å²) in [6.45, 7) is 1.77. The van der Waals surface area contributed by atoms with E-state index in [1.54, 1.807) is 0 Å². The monoisotopic (exact) mass is 280 g/mol. The molecule has 0 radical (unpaired) electrons. The molecule has 108 valence electrons. The minimum atomic E-state index is -0.648. The molecule has 1 fully saturated rings. The standard InChI is InChI=1S/C12H16N4O4/c13-11-4-9(10(6-14-11)16(18)19)12(17)15-5-8-2-1-3-20-7-8/h4,6,8H,1-3,5,7H2,(H2,13,14)(H,15,17). The largest absolute Gasteiger partial charge is 0.384 e. The zero-order valence-electron chi connectivity index (χ0n) is 10.9. The molecule has 1 aromatic rings. The summed E-state index contributed by atoms with van der Waals surface area (Å²) in [5.74, 6) is -0.205. The predicted molar refractivity (Wildman–Crippen MR) is 71.2 cm³/mol. The van der Waals surface area contributed by atoms with E-state index in [4.69, 9.17) is 10.5 Å². The topological polar surface area (TPSA) is 120 Å². The number of amides is 1. The van der Waals surface area contributed by atoms with E-state index in [2.05, 4.69) is 10.3 Å². The highest BCUT2D eigenvalue weighted by Gasteiger charge is 2.22. The van der Waals surface area contributed by atoms with E-state index in [-0.39, 0.29) is 23.0 Å². The van der Waals surface area contributed by atoms with Crippen molar-refractivity contribution in [3.8, 4) is 0 Å². The van der Waals surface area contributed by atoms with Crippen molar-refractivity contribution in [2.75, 3.05) is 25.5 Å². The molecule has 1 atom stereocenters. The molecule has 1 aliphatic heterocycles. The van der Waals surface area contributed by atoms with E-state index < -0.39 is 10.8 Å². The summed E-state index contributed by atoms with van der Waals surface area (Å²) in [7, 11) is 0. The molecule has 1 amide bonds. The summed E-state index contributed by atoms with van der Waals surface area (Å²) in [6.07, 6.45) is 2.93. The lowest BCUT2D eigenvalue weighted by atomic mass is 10.0. The highest BCUT2D eigenvalue weighted by Crippen LogP contribution is 2.19. The van der Waals surface area contributed by atoms with Gasteiger partial charge in [-0.2, -0.15) is 0 Å². The van der Waals surface area contributed by atoms with Gasteiger partial charge in [0.2, 0.25) is 0 Å². The van der Waals surface area contributed by atoms with Gasteiger partial charge in [0, 0.05) is 13.2 Å². The number of carbonyl (C=O) groups is 1. The second kappa shape index (κ2) is 6.29. The molecule has 1 saturated heterocycles. The SMILES string of the molecule is Nc1cc(C(=O)NCC2CCCOC2)c([N+](=O)[O-])cn1. The van der Waals surface area contributed by atoms with Crippen molar-refractivity contribution in [2.45, 2.75) is 12.8 Å². The lowest BCUT2D eigenvalue weighted by Gasteiger charge is -2.22. The molecule has 8 heteroatoms. The molecule has 1 aliphatic rings. The molecule has 0 spiro atoms. The van der Waals surface area contributed by atoms with E-state index in [0.29, 0.717) is 13.2 Å². The average Bonchev–Trinajstić information content (AvgIpc) is 2.45. The second-order valence-electron chi connectivity index (χ2n) is 4.68. The van der Waals surface area contributed by atoms with Gasteiger partial charge in [-0.1, -0.05) is 0 Å². The molecule has 8 nitrogen and oxygen atoms in total. The zero-order valence-corrected chi connectivity index (χ0v) is 10.9. The fourth-order valence-corrected chi connectivity index (χ4v) is 2.09. The average molecular weight is 280 g/mol. The minimum Gasteiger partial charge on any atom is -0.384 e. The van der Waals surface area contributed by atoms with Gasteiger partial charge < -0.3 is 15.8 Å². The first-order chi connectivity index (χ1) is 9.58. The quantitative estimate of drug-likeness (QED) is 0.619. The van der Waals surface area contributed by atoms with Crippen molar-refractivity contribution >= 4 is 17.4 Å². The summed E-state index contributed by atoms with van der Waals surface area (Å²) in [6, 6.07) is 1.21. The van der Waals surface area contributed by atoms with Gasteiger partial charge in [-0.25, -0.2) is 4.98 Å². The first-order valence-electron chi connectivity index (χ1n) is 6.34. The van der Waals surface area contributed by atoms with Gasteiger partial charge in [0.25, 0.3) is 11.6 Å². The number of pyridine rings is 1. The Hall–Kier alpha value is -2.22. The lowest BCUT2D eigenvalue weighted by molar-refractivity contribution is -0.385. The van der Waals surface area contributed by atoms with Crippen molar-refractivity contribution in [2.24, 2.45) is 5.92 Å². The Labute approximate surface area is 115 Å². The number of nitrogens with two attached hydrogens (primary N) is 1. The number of anilines is 1. The summed E-state index contributed by atoms with van der Waals surface area (Å²) >= 11 is 0. The smallest absolute Gasteiger partial charge is 0.300 e. The maximum Gasteiger partial charge on any atom is 0.300 e. The van der Waals surface area contributed by atoms with Crippen LogP contribution in [0.15, 0.2) is 12.3 Å². The number of aromatic nitrogens is 1. The van der Waals surface area contributed by atoms with E-state index in [0.717, 1.165) is 25.6 Å². The Morgan fingerprint density at radius 3 is 3.10 bits per heavy atom. The van der Waals surface area contributed by atoms with Crippen molar-refractivity contribution < 1.29 is 14.5 Å². The Morgan fingerprint density at radius 1 is 1.65 bits per heavy atom. The molecule has 0 aliphatic carbocycles. The van der Waals surface area contributed by atoms with Gasteiger partial charge in [0.1, 0.15) is 17.6 Å². The van der Waals surface area contributed by atoms with Gasteiger partial charge in [0.15, 0.2) is 0 Å². The van der Waals surface area contributed by atoms with Crippen LogP contribution in [-0.4, -0.2) is 35.6 Å². The number of hydrogen-bond acceptors (Lipinski definition) is 6. The molecule has 3 N–H and O–H groups in total. The number of nitro groups is 1. The van der Waals surface area contributed by atoms with Crippen LogP contribution >= 0.6 is 0 Å². The number of nitrogen functional groups attached to an aromatic ring is 1. The Morgan fingerprint density at radius 2 is 2.45 bits per heavy atom. The normalized spacial score (nSPS) is 18.5. The Balaban J connectivity index is 2.04. The number of rotatable bonds is 4. The highest BCUT2D eigenvalue weighted by molar-refractivity contribution is 5.98. The second-order valence-corrected chi connectivity index (χ2v) is 4.68. The van der Waals surface area contributed by atoms with Crippen LogP contribution in [0.25, 0.3) is 0 Å². The number of hydrogen-bond donors (Lipinski definition) is 2. The third kappa shape index (κ3) is 3.41. The van der Waals surface area contributed by atoms with Crippen LogP contribution in [-0.2, 0) is 4.74 Å². The Bertz CT molecular complexity index is 514. The summed E-state index contributed by atoms with van der Waals surface area (Å²) in [5, 5.41) is 13.6. The van der Waals surface area contributed by atoms with E-state index in [1.165, 1.54) is 6.07 Å². The van der Waals surface area contributed by atoms with Crippen molar-refractivity contribution in [3.05, 3.63) is 27.9 Å². The van der Waals surface area contributed by atoms with Gasteiger partial charge in [-0.05, 0) is 24.8 Å². The molecule has 20 heavy (non-hydrogen) atoms. The molecule has 0 saturated carbocycles. The van der Waals surface area contributed by atoms with E-state index in [9.17, 15) is 14.9 Å². The van der Waals surface area contributed by atoms with Crippen LogP contribution in [0, 0.1) is 16.0 Å². The van der Waals surface area contributed by atoms with E-state index >= 15 is 0 Å². The number of carbonyl (C=O) groups excluding carboxylic acids is 1. The maximum atomic E-state index is 12.0. The van der Waals surface area contributed by atoms with Crippen LogP contribution in [0.2, 0.25) is 0 Å². The number of ether oxygens (including phenoxy) is 1. The third-order valence-electron chi connectivity index (χ3n) is 3.15. The molecule has 2 heterocycles. The molecular weight excluding hydrogens is 264 g/mol. The summed E-state index contributed by atoms with van der Waals surface area (Å²) < 4.78 is 5.31. The summed E-state index contributed by atoms with van der Waals surface area (Å²) in [4.78, 5) is 25.9. The van der Waals surface area contributed by atoms with Gasteiger partial charge >= 0.3 is 0 Å². The number of nitrogens with zero attached hydrogens (tertiary/aromatic N) is 2. The first-order valence-corrected chi connectivity index (χ1v) is 6.34. The van der Waals surface area contributed by atoms with Crippen LogP contribution in [0.4, 0.5) is 11.5 Å². The van der Waals surface area contributed by atoms with Gasteiger partial charge in [-0.15, -0.1) is 0 Å². The zero-order chi connectivity index (χ0) is 14.5. The van der Waals surface area contributed by atoms with Crippen LogP contribution in [0.1, 0.15) is 23.2 Å². The van der Waals surface area contributed by atoms with Crippen LogP contribution in [0.5, 0.6) is 0 Å². The molecule has 2 rings (SSSR count). The lowest BCUT2D eigenvalue weighted by Crippen LogP contribution is -2.33. The predicted octanol–water partition coefficient (Wildman–Crippen LogP) is 0.728. The third-order valence-corrected chi connectivity index (χ3v) is 3.15. The minimum absolute atomic E-state index is 0.0702. The van der Waals surface area contributed by atoms with E-state index in [1.807, 2.05) is 0 Å². The fraction of sp³-hybridized carbons (Fsp3) is 0.500. The molecular formula is C12H16N4O4. The molecule has 1 unspecified atom stereocenters. The molecule has 0 bridgehead atoms. The molecule has 0 aromatic carbocycles. The van der Waals surface area contributed by atoms with Crippen molar-refractivity contribution in [1.82, 2.24) is 10.3 Å². The maximum absolute atomic E-state index is 12.0. The van der Waals surface area contributed by atoms with Crippen molar-refractivity contribution in [3.63, 3.8) is 0 Å². The van der Waals surface area contributed by atoms with Crippen LogP contribution in [0.3, 0.4) is 0 Å². The Kier molecular flexibility index (Phi) is 4.46. The highest BCUT2D eigenvalue weighted by atomic mass is 16.6. The van der Waals surface area contributed by atoms with Crippen LogP contribution < -0.4 is 11.1 Å². The number of nitrogens with one attached hydrogen (secondary N) is 1. The first kappa shape index (κ1) is 14.2. The van der Waals surface area contributed by atoms with Gasteiger partial charge in [-0.3, -0.25) is 14.9 Å².